The Hall–Kier alpha value is -2.19. The molecule has 26 heavy (non-hydrogen) atoms. The van der Waals surface area contributed by atoms with E-state index in [-0.39, 0.29) is 17.5 Å². The lowest BCUT2D eigenvalue weighted by Gasteiger charge is -2.24. The maximum Gasteiger partial charge on any atom is 0.252 e. The molecule has 7 nitrogen and oxygen atoms in total. The van der Waals surface area contributed by atoms with Crippen LogP contribution in [0.15, 0.2) is 28.4 Å². The average molecular weight is 375 g/mol. The fourth-order valence-corrected chi connectivity index (χ4v) is 3.87. The van der Waals surface area contributed by atoms with Gasteiger partial charge in [0, 0.05) is 50.7 Å². The zero-order chi connectivity index (χ0) is 18.7. The summed E-state index contributed by atoms with van der Waals surface area (Å²) >= 11 is 1.62. The van der Waals surface area contributed by atoms with Crippen molar-refractivity contribution < 1.29 is 4.79 Å². The predicted octanol–water partition coefficient (Wildman–Crippen LogP) is 1.17. The molecule has 1 fully saturated rings. The number of likely N-dealkylation sites (N-methyl/N-ethyl adjacent to an activating group) is 1. The summed E-state index contributed by atoms with van der Waals surface area (Å²) in [6.45, 7) is 2.10. The third-order valence-corrected chi connectivity index (χ3v) is 5.54. The Bertz CT molecular complexity index is 802. The van der Waals surface area contributed by atoms with Crippen LogP contribution in [0.3, 0.4) is 0 Å². The van der Waals surface area contributed by atoms with Gasteiger partial charge in [0.15, 0.2) is 0 Å². The number of nitrogens with one attached hydrogen (secondary N) is 1. The highest BCUT2D eigenvalue weighted by Crippen LogP contribution is 2.18. The van der Waals surface area contributed by atoms with Gasteiger partial charge >= 0.3 is 0 Å². The minimum atomic E-state index is -0.147. The summed E-state index contributed by atoms with van der Waals surface area (Å²) in [5.41, 5.74) is 0.592. The zero-order valence-electron chi connectivity index (χ0n) is 15.4. The molecule has 0 aromatic carbocycles. The van der Waals surface area contributed by atoms with Gasteiger partial charge in [-0.2, -0.15) is 0 Å². The molecule has 2 aromatic heterocycles. The molecular weight excluding hydrogens is 350 g/mol. The number of hydrogen-bond donors (Lipinski definition) is 1. The van der Waals surface area contributed by atoms with Crippen molar-refractivity contribution in [2.45, 2.75) is 25.4 Å². The molecule has 0 spiro atoms. The van der Waals surface area contributed by atoms with Crippen molar-refractivity contribution >= 4 is 23.2 Å². The minimum absolute atomic E-state index is 0.147. The third kappa shape index (κ3) is 4.50. The van der Waals surface area contributed by atoms with Crippen molar-refractivity contribution in [1.82, 2.24) is 19.8 Å². The minimum Gasteiger partial charge on any atom is -0.348 e. The molecule has 0 radical (unpaired) electrons. The summed E-state index contributed by atoms with van der Waals surface area (Å²) in [7, 11) is 5.72. The standard InChI is InChI=1S/C18H25N5O2S/c1-21(2)18-19-13(9-16(24)20-18)11-22(3)14-6-7-23(12-14)17(25)10-15-5-4-8-26-15/h4-5,8-9,14H,6-7,10-12H2,1-3H3,(H,19,20,24). The lowest BCUT2D eigenvalue weighted by atomic mass is 10.2. The van der Waals surface area contributed by atoms with Gasteiger partial charge in [0.25, 0.3) is 5.56 Å². The molecule has 0 saturated carbocycles. The topological polar surface area (TPSA) is 72.5 Å². The van der Waals surface area contributed by atoms with E-state index in [9.17, 15) is 9.59 Å². The third-order valence-electron chi connectivity index (χ3n) is 4.66. The van der Waals surface area contributed by atoms with Crippen molar-refractivity contribution in [3.05, 3.63) is 44.5 Å². The Morgan fingerprint density at radius 1 is 1.42 bits per heavy atom. The Kier molecular flexibility index (Phi) is 5.73. The highest BCUT2D eigenvalue weighted by atomic mass is 32.1. The number of aromatic nitrogens is 2. The van der Waals surface area contributed by atoms with Gasteiger partial charge in [-0.3, -0.25) is 19.5 Å². The number of hydrogen-bond acceptors (Lipinski definition) is 6. The van der Waals surface area contributed by atoms with Crippen LogP contribution in [-0.4, -0.2) is 65.9 Å². The van der Waals surface area contributed by atoms with Crippen LogP contribution >= 0.6 is 11.3 Å². The molecule has 1 N–H and O–H groups in total. The monoisotopic (exact) mass is 375 g/mol. The van der Waals surface area contributed by atoms with Crippen molar-refractivity contribution in [1.29, 1.82) is 0 Å². The summed E-state index contributed by atoms with van der Waals surface area (Å²) in [5.74, 6) is 0.743. The molecule has 0 aliphatic carbocycles. The molecule has 0 bridgehead atoms. The number of anilines is 1. The Morgan fingerprint density at radius 3 is 2.92 bits per heavy atom. The molecule has 8 heteroatoms. The van der Waals surface area contributed by atoms with E-state index in [1.807, 2.05) is 43.6 Å². The summed E-state index contributed by atoms with van der Waals surface area (Å²) < 4.78 is 0. The Morgan fingerprint density at radius 2 is 2.23 bits per heavy atom. The number of H-pyrrole nitrogens is 1. The Labute approximate surface area is 157 Å². The van der Waals surface area contributed by atoms with E-state index in [1.54, 1.807) is 16.2 Å². The van der Waals surface area contributed by atoms with Gasteiger partial charge in [0.05, 0.1) is 12.1 Å². The molecule has 1 saturated heterocycles. The molecule has 1 amide bonds. The number of amides is 1. The van der Waals surface area contributed by atoms with E-state index in [0.717, 1.165) is 30.1 Å². The second-order valence-electron chi connectivity index (χ2n) is 6.91. The van der Waals surface area contributed by atoms with Gasteiger partial charge in [-0.05, 0) is 24.9 Å². The fraction of sp³-hybridized carbons (Fsp3) is 0.500. The number of nitrogens with zero attached hydrogens (tertiary/aromatic N) is 4. The first kappa shape index (κ1) is 18.6. The second-order valence-corrected chi connectivity index (χ2v) is 7.94. The van der Waals surface area contributed by atoms with E-state index < -0.39 is 0 Å². The van der Waals surface area contributed by atoms with E-state index >= 15 is 0 Å². The molecule has 1 unspecified atom stereocenters. The summed E-state index contributed by atoms with van der Waals surface area (Å²) in [6.07, 6.45) is 1.42. The summed E-state index contributed by atoms with van der Waals surface area (Å²) in [5, 5.41) is 2.00. The van der Waals surface area contributed by atoms with Gasteiger partial charge in [0.1, 0.15) is 0 Å². The Balaban J connectivity index is 1.58. The number of carbonyl (C=O) groups excluding carboxylic acids is 1. The molecule has 1 aliphatic heterocycles. The average Bonchev–Trinajstić information content (AvgIpc) is 3.25. The van der Waals surface area contributed by atoms with Gasteiger partial charge in [0.2, 0.25) is 11.9 Å². The second kappa shape index (κ2) is 8.01. The lowest BCUT2D eigenvalue weighted by Crippen LogP contribution is -2.37. The van der Waals surface area contributed by atoms with Gasteiger partial charge in [-0.25, -0.2) is 4.98 Å². The van der Waals surface area contributed by atoms with Crippen molar-refractivity contribution in [3.63, 3.8) is 0 Å². The molecular formula is C18H25N5O2S. The van der Waals surface area contributed by atoms with E-state index in [4.69, 9.17) is 0 Å². The van der Waals surface area contributed by atoms with Crippen LogP contribution in [0.1, 0.15) is 17.0 Å². The fourth-order valence-electron chi connectivity index (χ4n) is 3.17. The molecule has 1 aliphatic rings. The largest absolute Gasteiger partial charge is 0.348 e. The van der Waals surface area contributed by atoms with Crippen LogP contribution in [0, 0.1) is 0 Å². The van der Waals surface area contributed by atoms with Crippen LogP contribution < -0.4 is 10.5 Å². The zero-order valence-corrected chi connectivity index (χ0v) is 16.3. The number of rotatable bonds is 6. The lowest BCUT2D eigenvalue weighted by molar-refractivity contribution is -0.129. The SMILES string of the molecule is CN(C)c1nc(CN(C)C2CCN(C(=O)Cc3cccs3)C2)cc(=O)[nH]1. The van der Waals surface area contributed by atoms with Crippen LogP contribution in [0.4, 0.5) is 5.95 Å². The van der Waals surface area contributed by atoms with Crippen LogP contribution in [0.2, 0.25) is 0 Å². The first-order chi connectivity index (χ1) is 12.4. The van der Waals surface area contributed by atoms with Gasteiger partial charge in [-0.15, -0.1) is 11.3 Å². The molecule has 1 atom stereocenters. The smallest absolute Gasteiger partial charge is 0.252 e. The highest BCUT2D eigenvalue weighted by Gasteiger charge is 2.29. The van der Waals surface area contributed by atoms with Crippen LogP contribution in [-0.2, 0) is 17.8 Å². The predicted molar refractivity (Wildman–Crippen MR) is 104 cm³/mol. The quantitative estimate of drug-likeness (QED) is 0.821. The van der Waals surface area contributed by atoms with Gasteiger partial charge < -0.3 is 9.80 Å². The molecule has 2 aromatic rings. The highest BCUT2D eigenvalue weighted by molar-refractivity contribution is 7.10. The van der Waals surface area contributed by atoms with E-state index in [1.165, 1.54) is 6.07 Å². The van der Waals surface area contributed by atoms with Crippen molar-refractivity contribution in [2.75, 3.05) is 39.1 Å². The number of carbonyl (C=O) groups is 1. The normalized spacial score (nSPS) is 17.1. The summed E-state index contributed by atoms with van der Waals surface area (Å²) in [4.78, 5) is 38.5. The number of likely N-dealkylation sites (tertiary alicyclic amines) is 1. The number of aromatic amines is 1. The van der Waals surface area contributed by atoms with Crippen molar-refractivity contribution in [2.24, 2.45) is 0 Å². The number of thiophene rings is 1. The molecule has 3 rings (SSSR count). The maximum absolute atomic E-state index is 12.5. The summed E-state index contributed by atoms with van der Waals surface area (Å²) in [6, 6.07) is 5.80. The first-order valence-corrected chi connectivity index (χ1v) is 9.58. The van der Waals surface area contributed by atoms with Crippen molar-refractivity contribution in [3.8, 4) is 0 Å². The van der Waals surface area contributed by atoms with Crippen LogP contribution in [0.25, 0.3) is 0 Å². The van der Waals surface area contributed by atoms with E-state index in [0.29, 0.717) is 18.9 Å². The molecule has 3 heterocycles. The van der Waals surface area contributed by atoms with E-state index in [2.05, 4.69) is 14.9 Å². The van der Waals surface area contributed by atoms with Gasteiger partial charge in [-0.1, -0.05) is 6.07 Å². The molecule has 140 valence electrons. The maximum atomic E-state index is 12.5. The first-order valence-electron chi connectivity index (χ1n) is 8.70. The van der Waals surface area contributed by atoms with Crippen LogP contribution in [0.5, 0.6) is 0 Å².